The third kappa shape index (κ3) is 2.27. The van der Waals surface area contributed by atoms with Crippen molar-refractivity contribution >= 4 is 5.91 Å². The van der Waals surface area contributed by atoms with Crippen molar-refractivity contribution in [3.8, 4) is 0 Å². The van der Waals surface area contributed by atoms with Crippen LogP contribution in [0.4, 0.5) is 0 Å². The molecule has 5 heteroatoms. The van der Waals surface area contributed by atoms with Crippen molar-refractivity contribution in [2.24, 2.45) is 5.41 Å². The Morgan fingerprint density at radius 2 is 2.14 bits per heavy atom. The van der Waals surface area contributed by atoms with Gasteiger partial charge in [-0.3, -0.25) is 4.79 Å². The van der Waals surface area contributed by atoms with Crippen molar-refractivity contribution in [3.05, 3.63) is 17.0 Å². The Hall–Kier alpha value is -1.36. The second kappa shape index (κ2) is 5.44. The second-order valence-corrected chi connectivity index (χ2v) is 6.35. The smallest absolute Gasteiger partial charge is 0.257 e. The van der Waals surface area contributed by atoms with E-state index in [-0.39, 0.29) is 17.4 Å². The summed E-state index contributed by atoms with van der Waals surface area (Å²) in [7, 11) is 0. The molecule has 0 aromatic carbocycles. The van der Waals surface area contributed by atoms with Crippen molar-refractivity contribution in [1.82, 2.24) is 10.5 Å². The van der Waals surface area contributed by atoms with Gasteiger partial charge in [-0.05, 0) is 40.0 Å². The molecule has 2 aliphatic carbocycles. The zero-order valence-electron chi connectivity index (χ0n) is 13.1. The molecule has 0 saturated heterocycles. The number of amides is 1. The molecule has 3 rings (SSSR count). The Morgan fingerprint density at radius 3 is 2.71 bits per heavy atom. The van der Waals surface area contributed by atoms with Gasteiger partial charge in [0, 0.05) is 18.1 Å². The standard InChI is InChI=1S/C16H24N2O3/c1-4-20-13-9-12(16(13)7-5-6-8-16)17-15(19)14-10(2)18-21-11(14)3/h12-13H,4-9H2,1-3H3,(H,17,19)/t12-,13+/m1/s1. The fraction of sp³-hybridized carbons (Fsp3) is 0.750. The number of hydrogen-bond acceptors (Lipinski definition) is 4. The highest BCUT2D eigenvalue weighted by Crippen LogP contribution is 2.54. The average molecular weight is 292 g/mol. The zero-order valence-corrected chi connectivity index (χ0v) is 13.1. The summed E-state index contributed by atoms with van der Waals surface area (Å²) in [6.45, 7) is 6.37. The lowest BCUT2D eigenvalue weighted by Crippen LogP contribution is -2.63. The molecule has 1 N–H and O–H groups in total. The van der Waals surface area contributed by atoms with E-state index >= 15 is 0 Å². The quantitative estimate of drug-likeness (QED) is 0.926. The van der Waals surface area contributed by atoms with E-state index in [9.17, 15) is 4.79 Å². The lowest BCUT2D eigenvalue weighted by molar-refractivity contribution is -0.127. The van der Waals surface area contributed by atoms with E-state index in [1.807, 2.05) is 6.92 Å². The number of nitrogens with zero attached hydrogens (tertiary/aromatic N) is 1. The molecule has 116 valence electrons. The highest BCUT2D eigenvalue weighted by Gasteiger charge is 2.57. The minimum absolute atomic E-state index is 0.0579. The Labute approximate surface area is 125 Å². The van der Waals surface area contributed by atoms with Crippen LogP contribution in [0.5, 0.6) is 0 Å². The first-order valence-electron chi connectivity index (χ1n) is 7.94. The van der Waals surface area contributed by atoms with Gasteiger partial charge in [-0.1, -0.05) is 18.0 Å². The average Bonchev–Trinajstić information content (AvgIpc) is 3.07. The zero-order chi connectivity index (χ0) is 15.0. The van der Waals surface area contributed by atoms with Gasteiger partial charge in [-0.25, -0.2) is 0 Å². The number of ether oxygens (including phenoxy) is 1. The van der Waals surface area contributed by atoms with Gasteiger partial charge in [0.1, 0.15) is 11.3 Å². The number of carbonyl (C=O) groups is 1. The summed E-state index contributed by atoms with van der Waals surface area (Å²) in [5, 5.41) is 7.06. The molecule has 0 aliphatic heterocycles. The van der Waals surface area contributed by atoms with Crippen LogP contribution in [0.3, 0.4) is 0 Å². The first-order valence-corrected chi connectivity index (χ1v) is 7.94. The molecule has 2 fully saturated rings. The van der Waals surface area contributed by atoms with Gasteiger partial charge in [0.2, 0.25) is 0 Å². The summed E-state index contributed by atoms with van der Waals surface area (Å²) < 4.78 is 11.0. The van der Waals surface area contributed by atoms with Gasteiger partial charge >= 0.3 is 0 Å². The number of aromatic nitrogens is 1. The van der Waals surface area contributed by atoms with Crippen molar-refractivity contribution in [1.29, 1.82) is 0 Å². The van der Waals surface area contributed by atoms with Gasteiger partial charge in [0.25, 0.3) is 5.91 Å². The summed E-state index contributed by atoms with van der Waals surface area (Å²) >= 11 is 0. The van der Waals surface area contributed by atoms with Crippen LogP contribution in [0.1, 0.15) is 60.8 Å². The van der Waals surface area contributed by atoms with E-state index in [1.54, 1.807) is 13.8 Å². The Bertz CT molecular complexity index is 512. The molecule has 1 heterocycles. The summed E-state index contributed by atoms with van der Waals surface area (Å²) in [5.41, 5.74) is 1.40. The molecule has 2 atom stereocenters. The first-order chi connectivity index (χ1) is 10.1. The molecule has 0 bridgehead atoms. The Balaban J connectivity index is 1.72. The van der Waals surface area contributed by atoms with Gasteiger partial charge in [-0.15, -0.1) is 0 Å². The third-order valence-corrected chi connectivity index (χ3v) is 5.25. The number of rotatable bonds is 4. The van der Waals surface area contributed by atoms with E-state index in [0.717, 1.165) is 25.9 Å². The molecule has 1 aromatic rings. The summed E-state index contributed by atoms with van der Waals surface area (Å²) in [5.74, 6) is 0.531. The molecule has 0 unspecified atom stereocenters. The monoisotopic (exact) mass is 292 g/mol. The molecular weight excluding hydrogens is 268 g/mol. The van der Waals surface area contributed by atoms with Gasteiger partial charge in [-0.2, -0.15) is 0 Å². The molecule has 2 saturated carbocycles. The van der Waals surface area contributed by atoms with Crippen molar-refractivity contribution in [2.45, 2.75) is 65.0 Å². The Morgan fingerprint density at radius 1 is 1.43 bits per heavy atom. The molecule has 5 nitrogen and oxygen atoms in total. The predicted octanol–water partition coefficient (Wildman–Crippen LogP) is 2.76. The molecular formula is C16H24N2O3. The SMILES string of the molecule is CCO[C@H]1C[C@@H](NC(=O)c2c(C)noc2C)C12CCCC2. The minimum Gasteiger partial charge on any atom is -0.378 e. The van der Waals surface area contributed by atoms with Crippen molar-refractivity contribution in [2.75, 3.05) is 6.61 Å². The van der Waals surface area contributed by atoms with Crippen LogP contribution in [0.15, 0.2) is 4.52 Å². The van der Waals surface area contributed by atoms with Crippen LogP contribution >= 0.6 is 0 Å². The van der Waals surface area contributed by atoms with Crippen LogP contribution in [0, 0.1) is 19.3 Å². The maximum absolute atomic E-state index is 12.5. The fourth-order valence-electron chi connectivity index (χ4n) is 4.13. The van der Waals surface area contributed by atoms with Crippen LogP contribution < -0.4 is 5.32 Å². The van der Waals surface area contributed by atoms with E-state index in [4.69, 9.17) is 9.26 Å². The fourth-order valence-corrected chi connectivity index (χ4v) is 4.13. The van der Waals surface area contributed by atoms with E-state index < -0.39 is 0 Å². The summed E-state index contributed by atoms with van der Waals surface area (Å²) in [4.78, 5) is 12.5. The van der Waals surface area contributed by atoms with Crippen molar-refractivity contribution in [3.63, 3.8) is 0 Å². The maximum Gasteiger partial charge on any atom is 0.257 e. The third-order valence-electron chi connectivity index (χ3n) is 5.25. The van der Waals surface area contributed by atoms with Crippen LogP contribution in [-0.2, 0) is 4.74 Å². The number of carbonyl (C=O) groups excluding carboxylic acids is 1. The largest absolute Gasteiger partial charge is 0.378 e. The highest BCUT2D eigenvalue weighted by molar-refractivity contribution is 5.96. The van der Waals surface area contributed by atoms with Gasteiger partial charge < -0.3 is 14.6 Å². The number of nitrogens with one attached hydrogen (secondary N) is 1. The van der Waals surface area contributed by atoms with Crippen LogP contribution in [0.2, 0.25) is 0 Å². The number of hydrogen-bond donors (Lipinski definition) is 1. The Kier molecular flexibility index (Phi) is 3.78. The molecule has 21 heavy (non-hydrogen) atoms. The molecule has 2 aliphatic rings. The molecule has 0 radical (unpaired) electrons. The predicted molar refractivity (Wildman–Crippen MR) is 78.2 cm³/mol. The van der Waals surface area contributed by atoms with Crippen LogP contribution in [-0.4, -0.2) is 29.8 Å². The summed E-state index contributed by atoms with van der Waals surface area (Å²) in [6, 6.07) is 0.220. The lowest BCUT2D eigenvalue weighted by atomic mass is 9.60. The minimum atomic E-state index is -0.0579. The molecule has 1 amide bonds. The van der Waals surface area contributed by atoms with E-state index in [2.05, 4.69) is 10.5 Å². The topological polar surface area (TPSA) is 64.4 Å². The lowest BCUT2D eigenvalue weighted by Gasteiger charge is -2.54. The highest BCUT2D eigenvalue weighted by atomic mass is 16.5. The van der Waals surface area contributed by atoms with E-state index in [0.29, 0.717) is 23.1 Å². The molecule has 1 aromatic heterocycles. The van der Waals surface area contributed by atoms with Gasteiger partial charge in [0.05, 0.1) is 11.8 Å². The second-order valence-electron chi connectivity index (χ2n) is 6.35. The maximum atomic E-state index is 12.5. The summed E-state index contributed by atoms with van der Waals surface area (Å²) in [6.07, 6.45) is 6.01. The van der Waals surface area contributed by atoms with Crippen LogP contribution in [0.25, 0.3) is 0 Å². The van der Waals surface area contributed by atoms with E-state index in [1.165, 1.54) is 12.8 Å². The number of aryl methyl sites for hydroxylation is 2. The molecule has 1 spiro atoms. The van der Waals surface area contributed by atoms with Crippen molar-refractivity contribution < 1.29 is 14.1 Å². The first kappa shape index (κ1) is 14.6. The van der Waals surface area contributed by atoms with Gasteiger partial charge in [0.15, 0.2) is 0 Å². The normalized spacial score (nSPS) is 26.8.